The summed E-state index contributed by atoms with van der Waals surface area (Å²) in [5, 5.41) is 1.35. The van der Waals surface area contributed by atoms with Crippen molar-refractivity contribution >= 4 is 44.2 Å². The molecule has 0 aliphatic carbocycles. The second kappa shape index (κ2) is 7.15. The van der Waals surface area contributed by atoms with E-state index in [4.69, 9.17) is 16.0 Å². The van der Waals surface area contributed by atoms with E-state index in [2.05, 4.69) is 11.9 Å². The Bertz CT molecular complexity index is 798. The molecule has 2 heterocycles. The Balaban J connectivity index is 1.92. The molecule has 0 atom stereocenters. The minimum absolute atomic E-state index is 0.0633. The maximum Gasteiger partial charge on any atom is 0.229 e. The number of furan rings is 1. The van der Waals surface area contributed by atoms with Crippen molar-refractivity contribution in [3.63, 3.8) is 0 Å². The van der Waals surface area contributed by atoms with Crippen molar-refractivity contribution in [3.05, 3.63) is 47.4 Å². The fraction of sp³-hybridized carbons (Fsp3) is 0.294. The van der Waals surface area contributed by atoms with Gasteiger partial charge < -0.3 is 4.42 Å². The summed E-state index contributed by atoms with van der Waals surface area (Å²) in [5.41, 5.74) is 0.849. The lowest BCUT2D eigenvalue weighted by Crippen LogP contribution is -2.29. The number of amides is 1. The van der Waals surface area contributed by atoms with Gasteiger partial charge in [0, 0.05) is 11.4 Å². The number of halogens is 1. The summed E-state index contributed by atoms with van der Waals surface area (Å²) in [7, 11) is 0. The maximum atomic E-state index is 12.6. The third-order valence-electron chi connectivity index (χ3n) is 3.51. The van der Waals surface area contributed by atoms with Crippen LogP contribution >= 0.6 is 22.9 Å². The van der Waals surface area contributed by atoms with Gasteiger partial charge >= 0.3 is 0 Å². The van der Waals surface area contributed by atoms with Crippen molar-refractivity contribution in [2.45, 2.75) is 32.7 Å². The van der Waals surface area contributed by atoms with Crippen LogP contribution in [0.5, 0.6) is 0 Å². The Morgan fingerprint density at radius 2 is 2.26 bits per heavy atom. The predicted molar refractivity (Wildman–Crippen MR) is 94.1 cm³/mol. The molecule has 120 valence electrons. The Morgan fingerprint density at radius 1 is 1.39 bits per heavy atom. The first kappa shape index (κ1) is 16.0. The van der Waals surface area contributed by atoms with Crippen molar-refractivity contribution < 1.29 is 9.21 Å². The molecule has 3 aromatic rings. The van der Waals surface area contributed by atoms with Crippen LogP contribution in [0.25, 0.3) is 10.2 Å². The Morgan fingerprint density at radius 3 is 3.00 bits per heavy atom. The average Bonchev–Trinajstić information content (AvgIpc) is 3.18. The lowest BCUT2D eigenvalue weighted by molar-refractivity contribution is -0.118. The molecule has 0 saturated carbocycles. The standard InChI is InChI=1S/C17H17ClN2O2S/c1-2-3-6-16(21)20(11-13-5-4-9-22-13)17-19-14-8-7-12(18)10-15(14)23-17/h4-5,7-10H,2-3,6,11H2,1H3. The van der Waals surface area contributed by atoms with E-state index in [1.807, 2.05) is 30.3 Å². The van der Waals surface area contributed by atoms with Gasteiger partial charge in [-0.2, -0.15) is 0 Å². The molecule has 0 saturated heterocycles. The normalized spacial score (nSPS) is 11.0. The highest BCUT2D eigenvalue weighted by atomic mass is 35.5. The van der Waals surface area contributed by atoms with Gasteiger partial charge in [-0.25, -0.2) is 4.98 Å². The number of anilines is 1. The highest BCUT2D eigenvalue weighted by molar-refractivity contribution is 7.22. The van der Waals surface area contributed by atoms with Crippen molar-refractivity contribution in [3.8, 4) is 0 Å². The van der Waals surface area contributed by atoms with E-state index < -0.39 is 0 Å². The number of fused-ring (bicyclic) bond motifs is 1. The zero-order valence-electron chi connectivity index (χ0n) is 12.8. The van der Waals surface area contributed by atoms with E-state index in [0.29, 0.717) is 23.1 Å². The number of hydrogen-bond donors (Lipinski definition) is 0. The molecule has 0 bridgehead atoms. The van der Waals surface area contributed by atoms with Crippen LogP contribution in [-0.2, 0) is 11.3 Å². The summed E-state index contributed by atoms with van der Waals surface area (Å²) in [6.45, 7) is 2.47. The predicted octanol–water partition coefficient (Wildman–Crippen LogP) is 5.27. The van der Waals surface area contributed by atoms with Crippen LogP contribution < -0.4 is 4.90 Å². The molecule has 1 amide bonds. The van der Waals surface area contributed by atoms with Gasteiger partial charge in [0.15, 0.2) is 5.13 Å². The summed E-state index contributed by atoms with van der Waals surface area (Å²) >= 11 is 7.51. The largest absolute Gasteiger partial charge is 0.467 e. The number of aromatic nitrogens is 1. The first-order valence-corrected chi connectivity index (χ1v) is 8.75. The van der Waals surface area contributed by atoms with E-state index >= 15 is 0 Å². The van der Waals surface area contributed by atoms with E-state index in [1.165, 1.54) is 11.3 Å². The Hall–Kier alpha value is -1.85. The van der Waals surface area contributed by atoms with Gasteiger partial charge in [-0.15, -0.1) is 0 Å². The molecule has 0 radical (unpaired) electrons. The third-order valence-corrected chi connectivity index (χ3v) is 4.79. The minimum atomic E-state index is 0.0633. The van der Waals surface area contributed by atoms with E-state index in [9.17, 15) is 4.79 Å². The molecule has 4 nitrogen and oxygen atoms in total. The summed E-state index contributed by atoms with van der Waals surface area (Å²) < 4.78 is 6.37. The van der Waals surface area contributed by atoms with Crippen LogP contribution in [0.2, 0.25) is 5.02 Å². The highest BCUT2D eigenvalue weighted by Gasteiger charge is 2.20. The van der Waals surface area contributed by atoms with Gasteiger partial charge in [-0.3, -0.25) is 9.69 Å². The molecule has 3 rings (SSSR count). The highest BCUT2D eigenvalue weighted by Crippen LogP contribution is 2.32. The van der Waals surface area contributed by atoms with Crippen LogP contribution in [0, 0.1) is 0 Å². The molecule has 23 heavy (non-hydrogen) atoms. The number of thiazole rings is 1. The van der Waals surface area contributed by atoms with E-state index in [-0.39, 0.29) is 5.91 Å². The van der Waals surface area contributed by atoms with Gasteiger partial charge in [-0.1, -0.05) is 36.3 Å². The van der Waals surface area contributed by atoms with Crippen LogP contribution in [0.1, 0.15) is 31.9 Å². The summed E-state index contributed by atoms with van der Waals surface area (Å²) in [5.74, 6) is 0.806. The number of carbonyl (C=O) groups excluding carboxylic acids is 1. The van der Waals surface area contributed by atoms with E-state index in [0.717, 1.165) is 28.8 Å². The number of benzene rings is 1. The Kier molecular flexibility index (Phi) is 4.98. The van der Waals surface area contributed by atoms with Crippen LogP contribution in [0.15, 0.2) is 41.0 Å². The molecule has 0 N–H and O–H groups in total. The van der Waals surface area contributed by atoms with Crippen LogP contribution in [-0.4, -0.2) is 10.9 Å². The zero-order valence-corrected chi connectivity index (χ0v) is 14.4. The van der Waals surface area contributed by atoms with Gasteiger partial charge in [0.1, 0.15) is 5.76 Å². The molecule has 0 unspecified atom stereocenters. The van der Waals surface area contributed by atoms with Gasteiger partial charge in [0.25, 0.3) is 0 Å². The SMILES string of the molecule is CCCCC(=O)N(Cc1ccco1)c1nc2ccc(Cl)cc2s1. The molecule has 0 fully saturated rings. The monoisotopic (exact) mass is 348 g/mol. The molecule has 6 heteroatoms. The first-order chi connectivity index (χ1) is 11.2. The lowest BCUT2D eigenvalue weighted by Gasteiger charge is -2.18. The average molecular weight is 349 g/mol. The van der Waals surface area contributed by atoms with Crippen molar-refractivity contribution in [2.75, 3.05) is 4.90 Å². The second-order valence-corrected chi connectivity index (χ2v) is 6.72. The molecule has 0 spiro atoms. The number of rotatable bonds is 6. The van der Waals surface area contributed by atoms with Gasteiger partial charge in [-0.05, 0) is 36.8 Å². The molecule has 1 aromatic carbocycles. The topological polar surface area (TPSA) is 46.3 Å². The van der Waals surface area contributed by atoms with Crippen molar-refractivity contribution in [1.29, 1.82) is 0 Å². The molecule has 0 aliphatic rings. The quantitative estimate of drug-likeness (QED) is 0.610. The smallest absolute Gasteiger partial charge is 0.229 e. The minimum Gasteiger partial charge on any atom is -0.467 e. The van der Waals surface area contributed by atoms with Gasteiger partial charge in [0.2, 0.25) is 5.91 Å². The maximum absolute atomic E-state index is 12.6. The molecular formula is C17H17ClN2O2S. The van der Waals surface area contributed by atoms with Gasteiger partial charge in [0.05, 0.1) is 23.0 Å². The number of hydrogen-bond acceptors (Lipinski definition) is 4. The lowest BCUT2D eigenvalue weighted by atomic mass is 10.2. The molecule has 2 aromatic heterocycles. The number of carbonyl (C=O) groups is 1. The fourth-order valence-electron chi connectivity index (χ4n) is 2.29. The second-order valence-electron chi connectivity index (χ2n) is 5.27. The van der Waals surface area contributed by atoms with Crippen LogP contribution in [0.4, 0.5) is 5.13 Å². The molecule has 0 aliphatic heterocycles. The Labute approximate surface area is 143 Å². The summed E-state index contributed by atoms with van der Waals surface area (Å²) in [4.78, 5) is 18.9. The third kappa shape index (κ3) is 3.74. The number of nitrogens with zero attached hydrogens (tertiary/aromatic N) is 2. The van der Waals surface area contributed by atoms with Crippen LogP contribution in [0.3, 0.4) is 0 Å². The zero-order chi connectivity index (χ0) is 16.2. The number of unbranched alkanes of at least 4 members (excludes halogenated alkanes) is 1. The summed E-state index contributed by atoms with van der Waals surface area (Å²) in [6, 6.07) is 9.24. The fourth-order valence-corrected chi connectivity index (χ4v) is 3.54. The molecular weight excluding hydrogens is 332 g/mol. The van der Waals surface area contributed by atoms with Crippen molar-refractivity contribution in [1.82, 2.24) is 4.98 Å². The first-order valence-electron chi connectivity index (χ1n) is 7.56. The van der Waals surface area contributed by atoms with Crippen molar-refractivity contribution in [2.24, 2.45) is 0 Å². The van der Waals surface area contributed by atoms with E-state index in [1.54, 1.807) is 11.2 Å². The summed E-state index contributed by atoms with van der Waals surface area (Å²) in [6.07, 6.45) is 3.97.